The zero-order chi connectivity index (χ0) is 26.5. The molecule has 0 atom stereocenters. The number of halogens is 3. The third-order valence-corrected chi connectivity index (χ3v) is 6.67. The SMILES string of the molecule is O=C(Cc1ccccc1)N(Cc1ccc(OS(=O)(=O)c2cccc(C(F)(F)F)c2)cc1)Cc1ccco1. The molecule has 6 nitrogen and oxygen atoms in total. The Morgan fingerprint density at radius 1 is 0.838 bits per heavy atom. The molecule has 0 saturated heterocycles. The molecule has 37 heavy (non-hydrogen) atoms. The van der Waals surface area contributed by atoms with E-state index in [1.165, 1.54) is 18.4 Å². The van der Waals surface area contributed by atoms with Gasteiger partial charge < -0.3 is 13.5 Å². The minimum absolute atomic E-state index is 0.0747. The first-order valence-corrected chi connectivity index (χ1v) is 12.6. The predicted molar refractivity (Wildman–Crippen MR) is 129 cm³/mol. The topological polar surface area (TPSA) is 76.8 Å². The van der Waals surface area contributed by atoms with Gasteiger partial charge in [0.1, 0.15) is 16.4 Å². The number of rotatable bonds is 9. The van der Waals surface area contributed by atoms with Crippen LogP contribution in [0, 0.1) is 0 Å². The Morgan fingerprint density at radius 2 is 1.57 bits per heavy atom. The van der Waals surface area contributed by atoms with Crippen LogP contribution < -0.4 is 4.18 Å². The molecule has 1 aromatic heterocycles. The highest BCUT2D eigenvalue weighted by Crippen LogP contribution is 2.31. The fourth-order valence-corrected chi connectivity index (χ4v) is 4.56. The summed E-state index contributed by atoms with van der Waals surface area (Å²) < 4.78 is 74.4. The van der Waals surface area contributed by atoms with Crippen molar-refractivity contribution in [2.24, 2.45) is 0 Å². The predicted octanol–water partition coefficient (Wildman–Crippen LogP) is 5.84. The van der Waals surface area contributed by atoms with E-state index >= 15 is 0 Å². The Balaban J connectivity index is 1.48. The van der Waals surface area contributed by atoms with Crippen LogP contribution in [-0.2, 0) is 40.6 Å². The molecule has 1 heterocycles. The summed E-state index contributed by atoms with van der Waals surface area (Å²) in [6, 6.07) is 22.1. The van der Waals surface area contributed by atoms with Crippen molar-refractivity contribution in [1.29, 1.82) is 0 Å². The van der Waals surface area contributed by atoms with Gasteiger partial charge in [0, 0.05) is 6.54 Å². The minimum atomic E-state index is -4.69. The lowest BCUT2D eigenvalue weighted by molar-refractivity contribution is -0.137. The first-order chi connectivity index (χ1) is 17.6. The molecule has 1 amide bonds. The highest BCUT2D eigenvalue weighted by molar-refractivity contribution is 7.87. The molecule has 0 fully saturated rings. The van der Waals surface area contributed by atoms with Crippen LogP contribution in [0.3, 0.4) is 0 Å². The number of amides is 1. The maximum atomic E-state index is 13.1. The second-order valence-electron chi connectivity index (χ2n) is 8.20. The zero-order valence-electron chi connectivity index (χ0n) is 19.4. The van der Waals surface area contributed by atoms with E-state index in [-0.39, 0.29) is 31.2 Å². The van der Waals surface area contributed by atoms with Gasteiger partial charge in [-0.1, -0.05) is 48.5 Å². The van der Waals surface area contributed by atoms with Gasteiger partial charge in [0.05, 0.1) is 24.8 Å². The van der Waals surface area contributed by atoms with Gasteiger partial charge in [-0.3, -0.25) is 4.79 Å². The van der Waals surface area contributed by atoms with E-state index in [9.17, 15) is 26.4 Å². The molecule has 0 saturated carbocycles. The Bertz CT molecular complexity index is 1440. The van der Waals surface area contributed by atoms with Crippen molar-refractivity contribution in [2.75, 3.05) is 0 Å². The molecule has 0 spiro atoms. The van der Waals surface area contributed by atoms with Crippen LogP contribution in [0.25, 0.3) is 0 Å². The summed E-state index contributed by atoms with van der Waals surface area (Å²) in [5.41, 5.74) is 0.460. The maximum Gasteiger partial charge on any atom is 0.416 e. The summed E-state index contributed by atoms with van der Waals surface area (Å²) in [6.07, 6.45) is -2.98. The molecule has 0 bridgehead atoms. The average Bonchev–Trinajstić information content (AvgIpc) is 3.38. The monoisotopic (exact) mass is 529 g/mol. The van der Waals surface area contributed by atoms with Crippen LogP contribution in [0.1, 0.15) is 22.5 Å². The van der Waals surface area contributed by atoms with Crippen molar-refractivity contribution in [3.8, 4) is 5.75 Å². The Hall–Kier alpha value is -4.05. The molecule has 0 unspecified atom stereocenters. The number of furan rings is 1. The fraction of sp³-hybridized carbons (Fsp3) is 0.148. The minimum Gasteiger partial charge on any atom is -0.467 e. The fourth-order valence-electron chi connectivity index (χ4n) is 3.58. The van der Waals surface area contributed by atoms with Crippen LogP contribution in [0.5, 0.6) is 5.75 Å². The number of hydrogen-bond acceptors (Lipinski definition) is 5. The average molecular weight is 530 g/mol. The summed E-state index contributed by atoms with van der Waals surface area (Å²) in [5.74, 6) is 0.401. The van der Waals surface area contributed by atoms with E-state index in [0.29, 0.717) is 17.4 Å². The molecule has 0 N–H and O–H groups in total. The van der Waals surface area contributed by atoms with Gasteiger partial charge in [-0.05, 0) is 53.6 Å². The first kappa shape index (κ1) is 26.0. The van der Waals surface area contributed by atoms with Gasteiger partial charge >= 0.3 is 16.3 Å². The molecule has 4 aromatic rings. The Kier molecular flexibility index (Phi) is 7.68. The van der Waals surface area contributed by atoms with E-state index < -0.39 is 26.8 Å². The molecular weight excluding hydrogens is 507 g/mol. The highest BCUT2D eigenvalue weighted by Gasteiger charge is 2.32. The number of carbonyl (C=O) groups is 1. The molecule has 10 heteroatoms. The van der Waals surface area contributed by atoms with E-state index in [1.807, 2.05) is 30.3 Å². The second-order valence-corrected chi connectivity index (χ2v) is 9.74. The lowest BCUT2D eigenvalue weighted by Gasteiger charge is -2.22. The summed E-state index contributed by atoms with van der Waals surface area (Å²) in [5, 5.41) is 0. The molecule has 3 aromatic carbocycles. The van der Waals surface area contributed by atoms with Gasteiger partial charge in [-0.2, -0.15) is 21.6 Å². The summed E-state index contributed by atoms with van der Waals surface area (Å²) in [7, 11) is -4.49. The van der Waals surface area contributed by atoms with Crippen molar-refractivity contribution < 1.29 is 35.0 Å². The second kappa shape index (κ2) is 10.9. The number of carbonyl (C=O) groups excluding carboxylic acids is 1. The Labute approximate surface area is 212 Å². The molecule has 0 aliphatic heterocycles. The van der Waals surface area contributed by atoms with Crippen LogP contribution in [0.15, 0.2) is 107 Å². The summed E-state index contributed by atoms with van der Waals surface area (Å²) in [4.78, 5) is 14.1. The van der Waals surface area contributed by atoms with Crippen molar-refractivity contribution in [3.63, 3.8) is 0 Å². The third-order valence-electron chi connectivity index (χ3n) is 5.43. The van der Waals surface area contributed by atoms with Crippen molar-refractivity contribution in [1.82, 2.24) is 4.90 Å². The van der Waals surface area contributed by atoms with Crippen molar-refractivity contribution >= 4 is 16.0 Å². The molecular formula is C27H22F3NO5S. The summed E-state index contributed by atoms with van der Waals surface area (Å²) in [6.45, 7) is 0.452. The quantitative estimate of drug-likeness (QED) is 0.255. The molecule has 0 radical (unpaired) electrons. The first-order valence-electron chi connectivity index (χ1n) is 11.1. The van der Waals surface area contributed by atoms with Crippen LogP contribution >= 0.6 is 0 Å². The standard InChI is InChI=1S/C27H22F3NO5S/c28-27(29,30)22-8-4-10-25(17-22)37(33,34)36-23-13-11-21(12-14-23)18-31(19-24-9-5-15-35-24)26(32)16-20-6-2-1-3-7-20/h1-15,17H,16,18-19H2. The van der Waals surface area contributed by atoms with Gasteiger partial charge in [-0.15, -0.1) is 0 Å². The molecule has 0 aliphatic carbocycles. The van der Waals surface area contributed by atoms with Crippen LogP contribution in [0.4, 0.5) is 13.2 Å². The third kappa shape index (κ3) is 7.01. The lowest BCUT2D eigenvalue weighted by Crippen LogP contribution is -2.31. The maximum absolute atomic E-state index is 13.1. The number of nitrogens with zero attached hydrogens (tertiary/aromatic N) is 1. The lowest BCUT2D eigenvalue weighted by atomic mass is 10.1. The molecule has 4 rings (SSSR count). The molecule has 192 valence electrons. The number of benzene rings is 3. The summed E-state index contributed by atoms with van der Waals surface area (Å²) >= 11 is 0. The van der Waals surface area contributed by atoms with Crippen LogP contribution in [-0.4, -0.2) is 19.2 Å². The normalized spacial score (nSPS) is 11.8. The largest absolute Gasteiger partial charge is 0.467 e. The van der Waals surface area contributed by atoms with Crippen molar-refractivity contribution in [2.45, 2.75) is 30.6 Å². The molecule has 0 aliphatic rings. The van der Waals surface area contributed by atoms with Crippen LogP contribution in [0.2, 0.25) is 0 Å². The highest BCUT2D eigenvalue weighted by atomic mass is 32.2. The van der Waals surface area contributed by atoms with Crippen molar-refractivity contribution in [3.05, 3.63) is 120 Å². The van der Waals surface area contributed by atoms with Gasteiger partial charge in [0.25, 0.3) is 0 Å². The zero-order valence-corrected chi connectivity index (χ0v) is 20.2. The van der Waals surface area contributed by atoms with E-state index in [0.717, 1.165) is 23.8 Å². The van der Waals surface area contributed by atoms with E-state index in [2.05, 4.69) is 0 Å². The number of alkyl halides is 3. The number of hydrogen-bond donors (Lipinski definition) is 0. The van der Waals surface area contributed by atoms with E-state index in [4.69, 9.17) is 8.60 Å². The van der Waals surface area contributed by atoms with Gasteiger partial charge in [-0.25, -0.2) is 0 Å². The van der Waals surface area contributed by atoms with Gasteiger partial charge in [0.15, 0.2) is 0 Å². The Morgan fingerprint density at radius 3 is 2.22 bits per heavy atom. The van der Waals surface area contributed by atoms with Gasteiger partial charge in [0.2, 0.25) is 5.91 Å². The van der Waals surface area contributed by atoms with E-state index in [1.54, 1.807) is 29.2 Å². The smallest absolute Gasteiger partial charge is 0.416 e.